The van der Waals surface area contributed by atoms with Crippen LogP contribution in [0.1, 0.15) is 75.7 Å². The molecule has 220 valence electrons. The SMILES string of the molecule is CC(C)C(NC(=O)c1ccc2ccccc2n1)C(=O)N[C@@H](CC1CCCCC1)C(=O)N[C@H](C=O)C[C@@H]1CCNC1=O. The quantitative estimate of drug-likeness (QED) is 0.292. The Morgan fingerprint density at radius 2 is 1.71 bits per heavy atom. The third-order valence-corrected chi connectivity index (χ3v) is 8.19. The van der Waals surface area contributed by atoms with Crippen LogP contribution in [0.25, 0.3) is 10.9 Å². The van der Waals surface area contributed by atoms with Crippen LogP contribution in [-0.4, -0.2) is 59.6 Å². The molecule has 10 heteroatoms. The fraction of sp³-hybridized carbons (Fsp3) is 0.548. The van der Waals surface area contributed by atoms with Gasteiger partial charge in [0.15, 0.2) is 0 Å². The van der Waals surface area contributed by atoms with Gasteiger partial charge >= 0.3 is 0 Å². The summed E-state index contributed by atoms with van der Waals surface area (Å²) in [7, 11) is 0. The van der Waals surface area contributed by atoms with Crippen LogP contribution in [0.3, 0.4) is 0 Å². The van der Waals surface area contributed by atoms with Crippen molar-refractivity contribution in [1.82, 2.24) is 26.3 Å². The summed E-state index contributed by atoms with van der Waals surface area (Å²) in [5.41, 5.74) is 0.873. The number of para-hydroxylation sites is 1. The molecule has 2 aliphatic rings. The molecule has 0 bridgehead atoms. The van der Waals surface area contributed by atoms with E-state index in [1.54, 1.807) is 6.07 Å². The monoisotopic (exact) mass is 563 g/mol. The topological polar surface area (TPSA) is 146 Å². The molecule has 1 aliphatic heterocycles. The molecular formula is C31H41N5O5. The van der Waals surface area contributed by atoms with Crippen molar-refractivity contribution in [2.75, 3.05) is 6.54 Å². The third kappa shape index (κ3) is 8.11. The van der Waals surface area contributed by atoms with Crippen molar-refractivity contribution in [3.63, 3.8) is 0 Å². The van der Waals surface area contributed by atoms with E-state index in [9.17, 15) is 24.0 Å². The molecule has 4 amide bonds. The Hall–Kier alpha value is -3.82. The minimum atomic E-state index is -0.901. The van der Waals surface area contributed by atoms with E-state index in [0.29, 0.717) is 31.2 Å². The van der Waals surface area contributed by atoms with Crippen molar-refractivity contribution < 1.29 is 24.0 Å². The van der Waals surface area contributed by atoms with Gasteiger partial charge in [0.25, 0.3) is 5.91 Å². The number of rotatable bonds is 12. The zero-order valence-corrected chi connectivity index (χ0v) is 23.9. The first-order chi connectivity index (χ1) is 19.7. The molecule has 4 N–H and O–H groups in total. The predicted molar refractivity (Wildman–Crippen MR) is 155 cm³/mol. The lowest BCUT2D eigenvalue weighted by atomic mass is 9.84. The maximum absolute atomic E-state index is 13.5. The summed E-state index contributed by atoms with van der Waals surface area (Å²) in [5.74, 6) is -1.85. The second kappa shape index (κ2) is 14.2. The van der Waals surface area contributed by atoms with Crippen LogP contribution in [0.2, 0.25) is 0 Å². The first kappa shape index (κ1) is 30.1. The lowest BCUT2D eigenvalue weighted by molar-refractivity contribution is -0.132. The second-order valence-electron chi connectivity index (χ2n) is 11.6. The lowest BCUT2D eigenvalue weighted by Crippen LogP contribution is -2.57. The van der Waals surface area contributed by atoms with E-state index in [2.05, 4.69) is 26.3 Å². The van der Waals surface area contributed by atoms with Gasteiger partial charge in [0.2, 0.25) is 17.7 Å². The number of carbonyl (C=O) groups excluding carboxylic acids is 5. The number of nitrogens with one attached hydrogen (secondary N) is 4. The number of carbonyl (C=O) groups is 5. The summed E-state index contributed by atoms with van der Waals surface area (Å²) < 4.78 is 0. The highest BCUT2D eigenvalue weighted by Gasteiger charge is 2.33. The highest BCUT2D eigenvalue weighted by atomic mass is 16.2. The average molecular weight is 564 g/mol. The van der Waals surface area contributed by atoms with E-state index in [4.69, 9.17) is 0 Å². The van der Waals surface area contributed by atoms with Crippen molar-refractivity contribution in [3.05, 3.63) is 42.1 Å². The molecule has 1 aromatic heterocycles. The zero-order valence-electron chi connectivity index (χ0n) is 23.9. The molecule has 2 aromatic rings. The Kier molecular flexibility index (Phi) is 10.4. The molecule has 0 radical (unpaired) electrons. The van der Waals surface area contributed by atoms with Crippen molar-refractivity contribution in [3.8, 4) is 0 Å². The fourth-order valence-electron chi connectivity index (χ4n) is 5.80. The van der Waals surface area contributed by atoms with Gasteiger partial charge in [-0.25, -0.2) is 4.98 Å². The third-order valence-electron chi connectivity index (χ3n) is 8.19. The number of fused-ring (bicyclic) bond motifs is 1. The van der Waals surface area contributed by atoms with Crippen molar-refractivity contribution in [1.29, 1.82) is 0 Å². The second-order valence-corrected chi connectivity index (χ2v) is 11.6. The van der Waals surface area contributed by atoms with Gasteiger partial charge in [0.05, 0.1) is 11.6 Å². The van der Waals surface area contributed by atoms with Gasteiger partial charge < -0.3 is 26.1 Å². The molecule has 0 spiro atoms. The Morgan fingerprint density at radius 1 is 0.951 bits per heavy atom. The normalized spacial score (nSPS) is 19.7. The van der Waals surface area contributed by atoms with Gasteiger partial charge in [-0.1, -0.05) is 70.2 Å². The summed E-state index contributed by atoms with van der Waals surface area (Å²) in [4.78, 5) is 68.4. The van der Waals surface area contributed by atoms with Crippen LogP contribution in [0.4, 0.5) is 0 Å². The molecule has 1 aromatic carbocycles. The highest BCUT2D eigenvalue weighted by Crippen LogP contribution is 2.27. The minimum absolute atomic E-state index is 0.116. The van der Waals surface area contributed by atoms with Crippen molar-refractivity contribution >= 4 is 40.8 Å². The van der Waals surface area contributed by atoms with Crippen LogP contribution in [0.5, 0.6) is 0 Å². The van der Waals surface area contributed by atoms with Crippen LogP contribution in [0, 0.1) is 17.8 Å². The Labute approximate surface area is 240 Å². The van der Waals surface area contributed by atoms with Crippen LogP contribution in [-0.2, 0) is 19.2 Å². The van der Waals surface area contributed by atoms with Crippen molar-refractivity contribution in [2.24, 2.45) is 17.8 Å². The molecule has 2 fully saturated rings. The summed E-state index contributed by atoms with van der Waals surface area (Å²) in [6.07, 6.45) is 7.16. The molecule has 10 nitrogen and oxygen atoms in total. The van der Waals surface area contributed by atoms with Crippen LogP contribution >= 0.6 is 0 Å². The van der Waals surface area contributed by atoms with Gasteiger partial charge in [0.1, 0.15) is 24.1 Å². The van der Waals surface area contributed by atoms with Crippen LogP contribution in [0.15, 0.2) is 36.4 Å². The average Bonchev–Trinajstić information content (AvgIpc) is 3.38. The highest BCUT2D eigenvalue weighted by molar-refractivity contribution is 5.98. The van der Waals surface area contributed by atoms with E-state index in [-0.39, 0.29) is 35.8 Å². The molecular weight excluding hydrogens is 522 g/mol. The van der Waals surface area contributed by atoms with E-state index in [1.165, 1.54) is 0 Å². The standard InChI is InChI=1S/C31H41N5O5/c1-19(2)27(36-29(39)25-13-12-21-10-6-7-11-24(21)34-25)31(41)35-26(16-20-8-4-3-5-9-20)30(40)33-23(18-37)17-22-14-15-32-28(22)38/h6-7,10-13,18-20,22-23,26-27H,3-5,8-9,14-17H2,1-2H3,(H,32,38)(H,33,40)(H,35,41)(H,36,39)/t22-,23-,26-,27?/m0/s1. The molecule has 4 atom stereocenters. The lowest BCUT2D eigenvalue weighted by Gasteiger charge is -2.29. The smallest absolute Gasteiger partial charge is 0.270 e. The number of aromatic nitrogens is 1. The first-order valence-corrected chi connectivity index (χ1v) is 14.8. The first-order valence-electron chi connectivity index (χ1n) is 14.8. The Bertz CT molecular complexity index is 1260. The number of benzene rings is 1. The molecule has 1 unspecified atom stereocenters. The molecule has 4 rings (SSSR count). The fourth-order valence-corrected chi connectivity index (χ4v) is 5.80. The summed E-state index contributed by atoms with van der Waals surface area (Å²) in [6.45, 7) is 4.20. The molecule has 1 aliphatic carbocycles. The van der Waals surface area contributed by atoms with Crippen LogP contribution < -0.4 is 21.3 Å². The largest absolute Gasteiger partial charge is 0.356 e. The number of hydrogen-bond acceptors (Lipinski definition) is 6. The number of aldehydes is 1. The maximum atomic E-state index is 13.5. The maximum Gasteiger partial charge on any atom is 0.270 e. The van der Waals surface area contributed by atoms with Gasteiger partial charge in [-0.2, -0.15) is 0 Å². The zero-order chi connectivity index (χ0) is 29.4. The Morgan fingerprint density at radius 3 is 2.39 bits per heavy atom. The van der Waals surface area contributed by atoms with E-state index in [1.807, 2.05) is 44.2 Å². The molecule has 1 saturated heterocycles. The van der Waals surface area contributed by atoms with Gasteiger partial charge in [0, 0.05) is 17.8 Å². The molecule has 1 saturated carbocycles. The number of nitrogens with zero attached hydrogens (tertiary/aromatic N) is 1. The molecule has 41 heavy (non-hydrogen) atoms. The summed E-state index contributed by atoms with van der Waals surface area (Å²) in [6, 6.07) is 8.29. The number of pyridine rings is 1. The Balaban J connectivity index is 1.45. The number of amides is 4. The minimum Gasteiger partial charge on any atom is -0.356 e. The number of hydrogen-bond donors (Lipinski definition) is 4. The summed E-state index contributed by atoms with van der Waals surface area (Å²) >= 11 is 0. The van der Waals surface area contributed by atoms with Gasteiger partial charge in [-0.3, -0.25) is 19.2 Å². The van der Waals surface area contributed by atoms with Crippen molar-refractivity contribution in [2.45, 2.75) is 83.3 Å². The van der Waals surface area contributed by atoms with E-state index >= 15 is 0 Å². The van der Waals surface area contributed by atoms with E-state index < -0.39 is 35.8 Å². The van der Waals surface area contributed by atoms with Gasteiger partial charge in [-0.15, -0.1) is 0 Å². The van der Waals surface area contributed by atoms with E-state index in [0.717, 1.165) is 37.5 Å². The van der Waals surface area contributed by atoms with Gasteiger partial charge in [-0.05, 0) is 43.2 Å². The predicted octanol–water partition coefficient (Wildman–Crippen LogP) is 2.65. The molecule has 2 heterocycles. The summed E-state index contributed by atoms with van der Waals surface area (Å²) in [5, 5.41) is 12.1.